The SMILES string of the molecule is Cc1ccc(-c2nncn2NC(=O)OC(C)(C)C)cc1. The number of aromatic nitrogens is 3. The van der Waals surface area contributed by atoms with Gasteiger partial charge in [0.25, 0.3) is 0 Å². The molecule has 0 saturated heterocycles. The molecule has 1 N–H and O–H groups in total. The van der Waals surface area contributed by atoms with Crippen molar-refractivity contribution < 1.29 is 9.53 Å². The predicted molar refractivity (Wildman–Crippen MR) is 75.8 cm³/mol. The van der Waals surface area contributed by atoms with Crippen molar-refractivity contribution in [2.24, 2.45) is 0 Å². The van der Waals surface area contributed by atoms with Gasteiger partial charge in [-0.25, -0.2) is 14.9 Å². The van der Waals surface area contributed by atoms with E-state index < -0.39 is 11.7 Å². The van der Waals surface area contributed by atoms with Crippen LogP contribution in [0.1, 0.15) is 26.3 Å². The van der Waals surface area contributed by atoms with Crippen LogP contribution in [0.3, 0.4) is 0 Å². The summed E-state index contributed by atoms with van der Waals surface area (Å²) in [6, 6.07) is 7.79. The molecule has 0 aliphatic heterocycles. The zero-order valence-electron chi connectivity index (χ0n) is 12.0. The third-order valence-corrected chi connectivity index (χ3v) is 2.47. The van der Waals surface area contributed by atoms with Gasteiger partial charge in [-0.2, -0.15) is 0 Å². The Labute approximate surface area is 117 Å². The van der Waals surface area contributed by atoms with Gasteiger partial charge in [0.05, 0.1) is 0 Å². The van der Waals surface area contributed by atoms with Gasteiger partial charge < -0.3 is 4.74 Å². The van der Waals surface area contributed by atoms with Crippen molar-refractivity contribution in [3.63, 3.8) is 0 Å². The standard InChI is InChI=1S/C14H18N4O2/c1-10-5-7-11(8-6-10)12-16-15-9-18(12)17-13(19)20-14(2,3)4/h5-9H,1-4H3,(H,17,19). The van der Waals surface area contributed by atoms with E-state index in [0.29, 0.717) is 5.82 Å². The molecule has 1 amide bonds. The van der Waals surface area contributed by atoms with E-state index in [0.717, 1.165) is 11.1 Å². The van der Waals surface area contributed by atoms with Gasteiger partial charge in [-0.15, -0.1) is 10.2 Å². The van der Waals surface area contributed by atoms with Crippen LogP contribution in [0.15, 0.2) is 30.6 Å². The second-order valence-corrected chi connectivity index (χ2v) is 5.50. The fourth-order valence-electron chi connectivity index (χ4n) is 1.62. The minimum absolute atomic E-state index is 0.550. The number of benzene rings is 1. The molecule has 1 aromatic heterocycles. The van der Waals surface area contributed by atoms with Crippen molar-refractivity contribution in [1.82, 2.24) is 14.9 Å². The summed E-state index contributed by atoms with van der Waals surface area (Å²) in [6.07, 6.45) is 0.879. The maximum atomic E-state index is 11.8. The van der Waals surface area contributed by atoms with E-state index in [-0.39, 0.29) is 0 Å². The summed E-state index contributed by atoms with van der Waals surface area (Å²) >= 11 is 0. The zero-order chi connectivity index (χ0) is 14.8. The van der Waals surface area contributed by atoms with Gasteiger partial charge in [0.15, 0.2) is 5.82 Å². The van der Waals surface area contributed by atoms with Crippen molar-refractivity contribution in [1.29, 1.82) is 0 Å². The first kappa shape index (κ1) is 14.0. The first-order valence-electron chi connectivity index (χ1n) is 6.32. The van der Waals surface area contributed by atoms with Gasteiger partial charge in [-0.3, -0.25) is 0 Å². The first-order chi connectivity index (χ1) is 9.35. The van der Waals surface area contributed by atoms with Crippen molar-refractivity contribution in [2.45, 2.75) is 33.3 Å². The average Bonchev–Trinajstić information content (AvgIpc) is 2.75. The summed E-state index contributed by atoms with van der Waals surface area (Å²) in [7, 11) is 0. The van der Waals surface area contributed by atoms with E-state index in [1.54, 1.807) is 20.8 Å². The first-order valence-corrected chi connectivity index (χ1v) is 6.32. The van der Waals surface area contributed by atoms with Crippen molar-refractivity contribution in [3.8, 4) is 11.4 Å². The molecule has 2 rings (SSSR count). The molecule has 1 heterocycles. The van der Waals surface area contributed by atoms with Gasteiger partial charge in [0.1, 0.15) is 11.9 Å². The third-order valence-electron chi connectivity index (χ3n) is 2.47. The molecule has 0 radical (unpaired) electrons. The number of carbonyl (C=O) groups is 1. The number of amides is 1. The molecule has 6 nitrogen and oxygen atoms in total. The van der Waals surface area contributed by atoms with E-state index in [2.05, 4.69) is 15.6 Å². The molecule has 0 aliphatic rings. The molecule has 1 aromatic carbocycles. The molecule has 0 unspecified atom stereocenters. The fourth-order valence-corrected chi connectivity index (χ4v) is 1.62. The van der Waals surface area contributed by atoms with Crippen LogP contribution >= 0.6 is 0 Å². The second kappa shape index (κ2) is 5.32. The summed E-state index contributed by atoms with van der Waals surface area (Å²) in [5.41, 5.74) is 4.05. The quantitative estimate of drug-likeness (QED) is 0.914. The van der Waals surface area contributed by atoms with E-state index in [1.807, 2.05) is 31.2 Å². The van der Waals surface area contributed by atoms with Crippen molar-refractivity contribution >= 4 is 6.09 Å². The Balaban J connectivity index is 2.17. The number of nitrogens with zero attached hydrogens (tertiary/aromatic N) is 3. The number of carbonyl (C=O) groups excluding carboxylic acids is 1. The fraction of sp³-hybridized carbons (Fsp3) is 0.357. The van der Waals surface area contributed by atoms with Crippen LogP contribution in [0, 0.1) is 6.92 Å². The Morgan fingerprint density at radius 2 is 1.90 bits per heavy atom. The van der Waals surface area contributed by atoms with Crippen LogP contribution in [0.25, 0.3) is 11.4 Å². The minimum atomic E-state index is -0.553. The molecule has 0 spiro atoms. The van der Waals surface area contributed by atoms with Gasteiger partial charge in [-0.1, -0.05) is 29.8 Å². The van der Waals surface area contributed by atoms with Gasteiger partial charge in [0.2, 0.25) is 0 Å². The molecular weight excluding hydrogens is 256 g/mol. The topological polar surface area (TPSA) is 69.0 Å². The lowest BCUT2D eigenvalue weighted by Crippen LogP contribution is -2.31. The Morgan fingerprint density at radius 3 is 2.50 bits per heavy atom. The average molecular weight is 274 g/mol. The monoisotopic (exact) mass is 274 g/mol. The van der Waals surface area contributed by atoms with E-state index in [4.69, 9.17) is 4.74 Å². The lowest BCUT2D eigenvalue weighted by Gasteiger charge is -2.20. The largest absolute Gasteiger partial charge is 0.443 e. The number of ether oxygens (including phenoxy) is 1. The molecule has 106 valence electrons. The summed E-state index contributed by atoms with van der Waals surface area (Å²) < 4.78 is 6.64. The molecule has 0 fully saturated rings. The third kappa shape index (κ3) is 3.57. The second-order valence-electron chi connectivity index (χ2n) is 5.50. The highest BCUT2D eigenvalue weighted by Gasteiger charge is 2.17. The molecule has 20 heavy (non-hydrogen) atoms. The summed E-state index contributed by atoms with van der Waals surface area (Å²) in [5, 5.41) is 7.82. The lowest BCUT2D eigenvalue weighted by molar-refractivity contribution is 0.0613. The summed E-state index contributed by atoms with van der Waals surface area (Å²) in [5.74, 6) is 0.552. The Kier molecular flexibility index (Phi) is 3.74. The molecule has 0 atom stereocenters. The van der Waals surface area contributed by atoms with E-state index in [9.17, 15) is 4.79 Å². The van der Waals surface area contributed by atoms with Crippen molar-refractivity contribution in [3.05, 3.63) is 36.2 Å². The Bertz CT molecular complexity index is 596. The highest BCUT2D eigenvalue weighted by atomic mass is 16.6. The maximum absolute atomic E-state index is 11.8. The number of hydrogen-bond donors (Lipinski definition) is 1. The normalized spacial score (nSPS) is 11.2. The lowest BCUT2D eigenvalue weighted by atomic mass is 10.1. The van der Waals surface area contributed by atoms with Gasteiger partial charge >= 0.3 is 6.09 Å². The molecular formula is C14H18N4O2. The molecule has 0 saturated carbocycles. The predicted octanol–water partition coefficient (Wildman–Crippen LogP) is 2.73. The van der Waals surface area contributed by atoms with E-state index >= 15 is 0 Å². The van der Waals surface area contributed by atoms with Gasteiger partial charge in [0, 0.05) is 5.56 Å². The highest BCUT2D eigenvalue weighted by Crippen LogP contribution is 2.16. The molecule has 2 aromatic rings. The Hall–Kier alpha value is -2.37. The number of rotatable bonds is 2. The highest BCUT2D eigenvalue weighted by molar-refractivity contribution is 5.77. The maximum Gasteiger partial charge on any atom is 0.427 e. The smallest absolute Gasteiger partial charge is 0.427 e. The number of nitrogens with one attached hydrogen (secondary N) is 1. The summed E-state index contributed by atoms with van der Waals surface area (Å²) in [4.78, 5) is 11.8. The van der Waals surface area contributed by atoms with Crippen molar-refractivity contribution in [2.75, 3.05) is 5.43 Å². The Morgan fingerprint density at radius 1 is 1.25 bits per heavy atom. The number of aryl methyl sites for hydroxylation is 1. The van der Waals surface area contributed by atoms with Crippen LogP contribution in [0.4, 0.5) is 4.79 Å². The van der Waals surface area contributed by atoms with Crippen LogP contribution in [-0.4, -0.2) is 26.6 Å². The molecule has 0 bridgehead atoms. The minimum Gasteiger partial charge on any atom is -0.443 e. The molecule has 6 heteroatoms. The van der Waals surface area contributed by atoms with Crippen LogP contribution in [0.2, 0.25) is 0 Å². The van der Waals surface area contributed by atoms with E-state index in [1.165, 1.54) is 11.0 Å². The van der Waals surface area contributed by atoms with Crippen LogP contribution < -0.4 is 5.43 Å². The van der Waals surface area contributed by atoms with Gasteiger partial charge in [-0.05, 0) is 27.7 Å². The molecule has 0 aliphatic carbocycles. The van der Waals surface area contributed by atoms with Crippen LogP contribution in [-0.2, 0) is 4.74 Å². The zero-order valence-corrected chi connectivity index (χ0v) is 12.0. The number of hydrogen-bond acceptors (Lipinski definition) is 4. The van der Waals surface area contributed by atoms with Crippen LogP contribution in [0.5, 0.6) is 0 Å². The summed E-state index contributed by atoms with van der Waals surface area (Å²) in [6.45, 7) is 7.42.